The van der Waals surface area contributed by atoms with Crippen LogP contribution in [0.15, 0.2) is 78.7 Å². The van der Waals surface area contributed by atoms with Crippen molar-refractivity contribution in [3.05, 3.63) is 101 Å². The number of Topliss-reactive ketones (excluding diaryl/α,β-unsaturated/α-hetero) is 1. The van der Waals surface area contributed by atoms with Gasteiger partial charge in [0.2, 0.25) is 5.78 Å². The molecule has 1 fully saturated rings. The largest absolute Gasteiger partial charge is 0.507 e. The number of likely N-dealkylation sites (tertiary alicyclic amines) is 1. The summed E-state index contributed by atoms with van der Waals surface area (Å²) in [6, 6.07) is 21.9. The molecule has 0 atom stereocenters. The molecule has 0 aliphatic carbocycles. The molecule has 0 bridgehead atoms. The molecule has 0 unspecified atom stereocenters. The molecule has 4 aromatic rings. The Morgan fingerprint density at radius 3 is 2.60 bits per heavy atom. The molecule has 5 heteroatoms. The van der Waals surface area contributed by atoms with Crippen molar-refractivity contribution >= 4 is 22.8 Å². The van der Waals surface area contributed by atoms with Gasteiger partial charge in [0.05, 0.1) is 11.1 Å². The topological polar surface area (TPSA) is 65.6 Å². The molecule has 2 N–H and O–H groups in total. The molecule has 176 valence electrons. The fraction of sp³-hybridized carbons (Fsp3) is 0.233. The van der Waals surface area contributed by atoms with Gasteiger partial charge < -0.3 is 14.8 Å². The zero-order valence-corrected chi connectivity index (χ0v) is 19.5. The molecule has 35 heavy (non-hydrogen) atoms. The number of carbonyl (C=O) groups excluding carboxylic acids is 1. The first-order valence-electron chi connectivity index (χ1n) is 12.3. The molecule has 0 amide bonds. The minimum atomic E-state index is -0.145. The van der Waals surface area contributed by atoms with E-state index in [-0.39, 0.29) is 17.3 Å². The number of carbonyl (C=O) groups is 1. The highest BCUT2D eigenvalue weighted by atomic mass is 16.5. The molecule has 0 radical (unpaired) electrons. The van der Waals surface area contributed by atoms with E-state index in [0.717, 1.165) is 48.8 Å². The smallest absolute Gasteiger partial charge is 0.231 e. The average molecular weight is 465 g/mol. The third-order valence-corrected chi connectivity index (χ3v) is 7.28. The van der Waals surface area contributed by atoms with Gasteiger partial charge in [0.15, 0.2) is 5.76 Å². The van der Waals surface area contributed by atoms with Gasteiger partial charge in [-0.1, -0.05) is 48.5 Å². The van der Waals surface area contributed by atoms with Crippen LogP contribution >= 0.6 is 0 Å². The van der Waals surface area contributed by atoms with Crippen LogP contribution in [-0.2, 0) is 13.0 Å². The fourth-order valence-corrected chi connectivity index (χ4v) is 5.32. The predicted octanol–water partition coefficient (Wildman–Crippen LogP) is 5.94. The number of piperidine rings is 1. The molecular weight excluding hydrogens is 436 g/mol. The van der Waals surface area contributed by atoms with Crippen LogP contribution in [0.3, 0.4) is 0 Å². The third-order valence-electron chi connectivity index (χ3n) is 7.28. The number of rotatable bonds is 5. The van der Waals surface area contributed by atoms with Crippen molar-refractivity contribution in [3.63, 3.8) is 0 Å². The number of aromatic amines is 1. The highest BCUT2D eigenvalue weighted by molar-refractivity contribution is 6.15. The van der Waals surface area contributed by atoms with E-state index in [1.165, 1.54) is 5.56 Å². The normalized spacial score (nSPS) is 17.7. The van der Waals surface area contributed by atoms with E-state index >= 15 is 0 Å². The number of hydrogen-bond acceptors (Lipinski definition) is 4. The second-order valence-electron chi connectivity index (χ2n) is 9.58. The lowest BCUT2D eigenvalue weighted by Crippen LogP contribution is -2.34. The van der Waals surface area contributed by atoms with E-state index in [1.54, 1.807) is 18.2 Å². The first-order valence-corrected chi connectivity index (χ1v) is 12.3. The van der Waals surface area contributed by atoms with Crippen molar-refractivity contribution in [3.8, 4) is 11.5 Å². The maximum Gasteiger partial charge on any atom is 0.231 e. The highest BCUT2D eigenvalue weighted by Gasteiger charge is 2.32. The van der Waals surface area contributed by atoms with Crippen molar-refractivity contribution in [1.82, 2.24) is 9.88 Å². The molecule has 2 aliphatic heterocycles. The van der Waals surface area contributed by atoms with Gasteiger partial charge in [0.1, 0.15) is 11.5 Å². The first-order chi connectivity index (χ1) is 17.2. The highest BCUT2D eigenvalue weighted by Crippen LogP contribution is 2.41. The molecular formula is C30H28N2O3. The Morgan fingerprint density at radius 1 is 1.00 bits per heavy atom. The number of benzene rings is 3. The van der Waals surface area contributed by atoms with Crippen molar-refractivity contribution in [2.75, 3.05) is 13.1 Å². The number of aromatic hydroxyl groups is 1. The number of hydrogen-bond donors (Lipinski definition) is 2. The number of fused-ring (bicyclic) bond motifs is 2. The lowest BCUT2D eigenvalue weighted by molar-refractivity contribution is 0.101. The molecule has 6 rings (SSSR count). The molecule has 1 saturated heterocycles. The van der Waals surface area contributed by atoms with Gasteiger partial charge in [-0.3, -0.25) is 9.69 Å². The number of ether oxygens (including phenoxy) is 1. The Morgan fingerprint density at radius 2 is 1.77 bits per heavy atom. The molecule has 3 aromatic carbocycles. The Labute approximate surface area is 204 Å². The summed E-state index contributed by atoms with van der Waals surface area (Å²) in [5, 5.41) is 11.7. The van der Waals surface area contributed by atoms with Crippen LogP contribution in [-0.4, -0.2) is 33.9 Å². The average Bonchev–Trinajstić information content (AvgIpc) is 3.44. The van der Waals surface area contributed by atoms with Crippen LogP contribution in [0.1, 0.15) is 39.9 Å². The number of nitrogens with zero attached hydrogens (tertiary/aromatic N) is 1. The van der Waals surface area contributed by atoms with Crippen LogP contribution in [0.25, 0.3) is 17.0 Å². The number of ketones is 1. The van der Waals surface area contributed by atoms with Gasteiger partial charge in [-0.2, -0.15) is 0 Å². The van der Waals surface area contributed by atoms with Gasteiger partial charge in [0.25, 0.3) is 0 Å². The summed E-state index contributed by atoms with van der Waals surface area (Å²) in [5.74, 6) is 1.49. The number of allylic oxidation sites excluding steroid dienone is 1. The monoisotopic (exact) mass is 464 g/mol. The summed E-state index contributed by atoms with van der Waals surface area (Å²) in [4.78, 5) is 18.7. The van der Waals surface area contributed by atoms with Crippen LogP contribution in [0.4, 0.5) is 0 Å². The molecule has 0 saturated carbocycles. The summed E-state index contributed by atoms with van der Waals surface area (Å²) in [6.07, 6.45) is 7.03. The minimum Gasteiger partial charge on any atom is -0.507 e. The van der Waals surface area contributed by atoms with E-state index in [2.05, 4.69) is 40.2 Å². The maximum absolute atomic E-state index is 13.1. The molecule has 0 spiro atoms. The second-order valence-corrected chi connectivity index (χ2v) is 9.58. The van der Waals surface area contributed by atoms with Crippen molar-refractivity contribution < 1.29 is 14.6 Å². The number of H-pyrrole nitrogens is 1. The van der Waals surface area contributed by atoms with E-state index in [4.69, 9.17) is 4.74 Å². The van der Waals surface area contributed by atoms with E-state index < -0.39 is 0 Å². The van der Waals surface area contributed by atoms with Gasteiger partial charge in [-0.05, 0) is 68.1 Å². The van der Waals surface area contributed by atoms with Crippen LogP contribution < -0.4 is 4.74 Å². The number of aromatic nitrogens is 1. The molecule has 1 aromatic heterocycles. The van der Waals surface area contributed by atoms with E-state index in [1.807, 2.05) is 30.5 Å². The maximum atomic E-state index is 13.1. The van der Waals surface area contributed by atoms with Gasteiger partial charge in [-0.15, -0.1) is 0 Å². The zero-order valence-electron chi connectivity index (χ0n) is 19.5. The summed E-state index contributed by atoms with van der Waals surface area (Å²) in [6.45, 7) is 2.50. The lowest BCUT2D eigenvalue weighted by Gasteiger charge is -2.32. The number of phenols is 1. The lowest BCUT2D eigenvalue weighted by atomic mass is 9.90. The Bertz CT molecular complexity index is 1410. The van der Waals surface area contributed by atoms with Crippen LogP contribution in [0, 0.1) is 5.92 Å². The van der Waals surface area contributed by atoms with Crippen LogP contribution in [0.2, 0.25) is 0 Å². The van der Waals surface area contributed by atoms with Crippen LogP contribution in [0.5, 0.6) is 11.5 Å². The summed E-state index contributed by atoms with van der Waals surface area (Å²) < 4.78 is 6.11. The zero-order chi connectivity index (χ0) is 23.8. The predicted molar refractivity (Wildman–Crippen MR) is 137 cm³/mol. The second kappa shape index (κ2) is 9.08. The summed E-state index contributed by atoms with van der Waals surface area (Å²) in [5.41, 5.74) is 4.52. The summed E-state index contributed by atoms with van der Waals surface area (Å²) >= 11 is 0. The Balaban J connectivity index is 1.19. The van der Waals surface area contributed by atoms with Crippen molar-refractivity contribution in [2.45, 2.75) is 25.8 Å². The Hall–Kier alpha value is -3.83. The van der Waals surface area contributed by atoms with Gasteiger partial charge >= 0.3 is 0 Å². The van der Waals surface area contributed by atoms with Crippen molar-refractivity contribution in [2.24, 2.45) is 5.92 Å². The number of nitrogens with one attached hydrogen (secondary N) is 1. The number of para-hydroxylation sites is 1. The minimum absolute atomic E-state index is 0.145. The third kappa shape index (κ3) is 4.24. The molecule has 5 nitrogen and oxygen atoms in total. The quantitative estimate of drug-likeness (QED) is 0.359. The van der Waals surface area contributed by atoms with Gasteiger partial charge in [-0.25, -0.2) is 0 Å². The Kier molecular flexibility index (Phi) is 5.63. The van der Waals surface area contributed by atoms with E-state index in [9.17, 15) is 9.90 Å². The SMILES string of the molecule is O=C1C(=Cc2c[nH]c3ccccc23)Oc2c1ccc(O)c2CN1CCC(Cc2ccccc2)CC1. The standard InChI is InChI=1S/C30H28N2O3/c33-27-11-10-24-29(34)28(17-22-18-31-26-9-5-4-8-23(22)26)35-30(24)25(27)19-32-14-12-21(13-15-32)16-20-6-2-1-3-7-20/h1-11,17-18,21,31,33H,12-16,19H2. The van der Waals surface area contributed by atoms with Gasteiger partial charge in [0, 0.05) is 29.2 Å². The van der Waals surface area contributed by atoms with E-state index in [0.29, 0.717) is 29.3 Å². The first kappa shape index (κ1) is 21.7. The van der Waals surface area contributed by atoms with Crippen molar-refractivity contribution in [1.29, 1.82) is 0 Å². The fourth-order valence-electron chi connectivity index (χ4n) is 5.32. The molecule has 3 heterocycles. The molecule has 2 aliphatic rings. The summed E-state index contributed by atoms with van der Waals surface area (Å²) in [7, 11) is 0. The number of phenolic OH excluding ortho intramolecular Hbond substituents is 1.